The maximum Gasteiger partial charge on any atom is 0.311 e. The van der Waals surface area contributed by atoms with Gasteiger partial charge in [-0.15, -0.1) is 0 Å². The summed E-state index contributed by atoms with van der Waals surface area (Å²) in [5.41, 5.74) is 1.58. The number of piperazine rings is 1. The molecule has 2 amide bonds. The van der Waals surface area contributed by atoms with Gasteiger partial charge in [0.25, 0.3) is 0 Å². The summed E-state index contributed by atoms with van der Waals surface area (Å²) in [4.78, 5) is 41.7. The fraction of sp³-hybridized carbons (Fsp3) is 0.550. The quantitative estimate of drug-likeness (QED) is 0.700. The second-order valence-electron chi connectivity index (χ2n) is 7.01. The fourth-order valence-electron chi connectivity index (χ4n) is 3.72. The molecule has 7 nitrogen and oxygen atoms in total. The van der Waals surface area contributed by atoms with E-state index in [0.29, 0.717) is 43.4 Å². The van der Waals surface area contributed by atoms with E-state index < -0.39 is 5.92 Å². The molecule has 1 aromatic rings. The number of hydrogen-bond donors (Lipinski definition) is 0. The number of hydrogen-bond acceptors (Lipinski definition) is 5. The average molecular weight is 408 g/mol. The van der Waals surface area contributed by atoms with E-state index in [1.54, 1.807) is 17.9 Å². The van der Waals surface area contributed by atoms with E-state index in [9.17, 15) is 14.4 Å². The van der Waals surface area contributed by atoms with Crippen LogP contribution in [-0.2, 0) is 19.1 Å². The van der Waals surface area contributed by atoms with Crippen LogP contribution in [0.2, 0.25) is 5.02 Å². The molecule has 0 aromatic heterocycles. The Bertz CT molecular complexity index is 762. The van der Waals surface area contributed by atoms with Crippen LogP contribution in [0.25, 0.3) is 0 Å². The first kappa shape index (κ1) is 20.5. The third-order valence-electron chi connectivity index (χ3n) is 5.26. The molecule has 2 saturated heterocycles. The van der Waals surface area contributed by atoms with Crippen molar-refractivity contribution in [3.05, 3.63) is 23.2 Å². The molecule has 0 N–H and O–H groups in total. The normalized spacial score (nSPS) is 19.9. The molecular formula is C20H26ClN3O4. The molecule has 3 rings (SSSR count). The zero-order valence-electron chi connectivity index (χ0n) is 16.3. The van der Waals surface area contributed by atoms with Crippen LogP contribution in [-0.4, -0.2) is 62.0 Å². The monoisotopic (exact) mass is 407 g/mol. The molecule has 152 valence electrons. The third kappa shape index (κ3) is 4.24. The number of carbonyl (C=O) groups is 3. The Hall–Kier alpha value is -2.28. The second-order valence-corrected chi connectivity index (χ2v) is 7.42. The van der Waals surface area contributed by atoms with Gasteiger partial charge < -0.3 is 19.4 Å². The van der Waals surface area contributed by atoms with E-state index in [1.807, 2.05) is 24.0 Å². The molecule has 0 aliphatic carbocycles. The lowest BCUT2D eigenvalue weighted by atomic mass is 10.1. The number of nitrogens with zero attached hydrogens (tertiary/aromatic N) is 3. The van der Waals surface area contributed by atoms with Gasteiger partial charge >= 0.3 is 5.97 Å². The molecular weight excluding hydrogens is 382 g/mol. The first-order valence-corrected chi connectivity index (χ1v) is 10.1. The van der Waals surface area contributed by atoms with Crippen LogP contribution in [0.4, 0.5) is 11.4 Å². The van der Waals surface area contributed by atoms with Crippen LogP contribution >= 0.6 is 11.6 Å². The van der Waals surface area contributed by atoms with Gasteiger partial charge in [0.15, 0.2) is 0 Å². The number of esters is 1. The summed E-state index contributed by atoms with van der Waals surface area (Å²) in [6.07, 6.45) is 0.678. The Morgan fingerprint density at radius 2 is 1.89 bits per heavy atom. The zero-order chi connectivity index (χ0) is 20.3. The first-order valence-electron chi connectivity index (χ1n) is 9.73. The number of rotatable bonds is 5. The number of amides is 2. The van der Waals surface area contributed by atoms with Crippen molar-refractivity contribution in [2.45, 2.75) is 26.7 Å². The lowest BCUT2D eigenvalue weighted by Gasteiger charge is -2.36. The molecule has 2 aliphatic heterocycles. The summed E-state index contributed by atoms with van der Waals surface area (Å²) < 4.78 is 5.04. The van der Waals surface area contributed by atoms with Crippen molar-refractivity contribution >= 4 is 40.8 Å². The first-order chi connectivity index (χ1) is 13.4. The van der Waals surface area contributed by atoms with E-state index in [-0.39, 0.29) is 24.2 Å². The van der Waals surface area contributed by atoms with Crippen molar-refractivity contribution in [1.82, 2.24) is 4.90 Å². The van der Waals surface area contributed by atoms with Crippen LogP contribution in [0.5, 0.6) is 0 Å². The smallest absolute Gasteiger partial charge is 0.311 e. The molecule has 2 aliphatic rings. The highest BCUT2D eigenvalue weighted by molar-refractivity contribution is 6.33. The predicted octanol–water partition coefficient (Wildman–Crippen LogP) is 2.31. The Kier molecular flexibility index (Phi) is 6.44. The van der Waals surface area contributed by atoms with E-state index in [1.165, 1.54) is 0 Å². The number of benzene rings is 1. The van der Waals surface area contributed by atoms with Gasteiger partial charge in [0, 0.05) is 51.3 Å². The molecule has 1 aromatic carbocycles. The minimum atomic E-state index is -0.435. The largest absolute Gasteiger partial charge is 0.466 e. The summed E-state index contributed by atoms with van der Waals surface area (Å²) in [6, 6.07) is 5.53. The number of anilines is 2. The lowest BCUT2D eigenvalue weighted by molar-refractivity contribution is -0.147. The molecule has 28 heavy (non-hydrogen) atoms. The van der Waals surface area contributed by atoms with Crippen molar-refractivity contribution in [3.63, 3.8) is 0 Å². The van der Waals surface area contributed by atoms with Crippen LogP contribution in [0, 0.1) is 5.92 Å². The maximum absolute atomic E-state index is 12.3. The van der Waals surface area contributed by atoms with E-state index in [0.717, 1.165) is 18.8 Å². The second kappa shape index (κ2) is 8.82. The van der Waals surface area contributed by atoms with Crippen molar-refractivity contribution in [1.29, 1.82) is 0 Å². The van der Waals surface area contributed by atoms with Crippen LogP contribution in [0.15, 0.2) is 18.2 Å². The molecule has 0 saturated carbocycles. The summed E-state index contributed by atoms with van der Waals surface area (Å²) in [7, 11) is 0. The summed E-state index contributed by atoms with van der Waals surface area (Å²) in [6.45, 7) is 7.04. The standard InChI is InChI=1S/C20H26ClN3O4/c1-3-18(25)23-9-7-22(8-10-23)17-6-5-15(12-16(17)21)24-13-14(11-19(24)26)20(27)28-4-2/h5-6,12,14H,3-4,7-11,13H2,1-2H3. The molecule has 0 radical (unpaired) electrons. The summed E-state index contributed by atoms with van der Waals surface area (Å²) >= 11 is 6.51. The molecule has 2 fully saturated rings. The van der Waals surface area contributed by atoms with Crippen molar-refractivity contribution < 1.29 is 19.1 Å². The van der Waals surface area contributed by atoms with E-state index in [4.69, 9.17) is 16.3 Å². The Labute approximate surface area is 170 Å². The van der Waals surface area contributed by atoms with Gasteiger partial charge in [-0.1, -0.05) is 18.5 Å². The van der Waals surface area contributed by atoms with Gasteiger partial charge in [-0.05, 0) is 25.1 Å². The highest BCUT2D eigenvalue weighted by Crippen LogP contribution is 2.33. The molecule has 1 atom stereocenters. The van der Waals surface area contributed by atoms with Crippen molar-refractivity contribution in [3.8, 4) is 0 Å². The van der Waals surface area contributed by atoms with Gasteiger partial charge in [-0.3, -0.25) is 14.4 Å². The number of ether oxygens (including phenoxy) is 1. The van der Waals surface area contributed by atoms with Crippen LogP contribution < -0.4 is 9.80 Å². The van der Waals surface area contributed by atoms with Crippen molar-refractivity contribution in [2.75, 3.05) is 49.1 Å². The molecule has 0 bridgehead atoms. The van der Waals surface area contributed by atoms with Crippen molar-refractivity contribution in [2.24, 2.45) is 5.92 Å². The highest BCUT2D eigenvalue weighted by atomic mass is 35.5. The fourth-order valence-corrected chi connectivity index (χ4v) is 4.01. The zero-order valence-corrected chi connectivity index (χ0v) is 17.1. The molecule has 1 unspecified atom stereocenters. The average Bonchev–Trinajstić information content (AvgIpc) is 3.09. The van der Waals surface area contributed by atoms with Gasteiger partial charge in [0.1, 0.15) is 0 Å². The maximum atomic E-state index is 12.3. The number of carbonyl (C=O) groups excluding carboxylic acids is 3. The molecule has 0 spiro atoms. The topological polar surface area (TPSA) is 70.2 Å². The molecule has 8 heteroatoms. The Morgan fingerprint density at radius 3 is 2.50 bits per heavy atom. The summed E-state index contributed by atoms with van der Waals surface area (Å²) in [5.74, 6) is -0.700. The van der Waals surface area contributed by atoms with Gasteiger partial charge in [-0.2, -0.15) is 0 Å². The minimum absolute atomic E-state index is 0.103. The van der Waals surface area contributed by atoms with Crippen LogP contribution in [0.3, 0.4) is 0 Å². The highest BCUT2D eigenvalue weighted by Gasteiger charge is 2.36. The van der Waals surface area contributed by atoms with E-state index in [2.05, 4.69) is 4.90 Å². The third-order valence-corrected chi connectivity index (χ3v) is 5.57. The minimum Gasteiger partial charge on any atom is -0.466 e. The Balaban J connectivity index is 1.67. The Morgan fingerprint density at radius 1 is 1.18 bits per heavy atom. The van der Waals surface area contributed by atoms with Gasteiger partial charge in [-0.25, -0.2) is 0 Å². The predicted molar refractivity (Wildman–Crippen MR) is 108 cm³/mol. The van der Waals surface area contributed by atoms with Gasteiger partial charge in [0.2, 0.25) is 11.8 Å². The van der Waals surface area contributed by atoms with Crippen LogP contribution in [0.1, 0.15) is 26.7 Å². The lowest BCUT2D eigenvalue weighted by Crippen LogP contribution is -2.48. The van der Waals surface area contributed by atoms with Gasteiger partial charge in [0.05, 0.1) is 23.2 Å². The van der Waals surface area contributed by atoms with E-state index >= 15 is 0 Å². The SMILES string of the molecule is CCOC(=O)C1CC(=O)N(c2ccc(N3CCN(C(=O)CC)CC3)c(Cl)c2)C1. The summed E-state index contributed by atoms with van der Waals surface area (Å²) in [5, 5.41) is 0.556. The number of halogens is 1. The molecule has 2 heterocycles.